The number of aliphatic hydroxyl groups is 1. The van der Waals surface area contributed by atoms with E-state index < -0.39 is 0 Å². The van der Waals surface area contributed by atoms with Gasteiger partial charge in [-0.2, -0.15) is 0 Å². The molecule has 2 aliphatic heterocycles. The maximum atomic E-state index is 12.0. The first-order chi connectivity index (χ1) is 12.0. The van der Waals surface area contributed by atoms with E-state index in [9.17, 15) is 9.90 Å². The Kier molecular flexibility index (Phi) is 3.85. The molecular formula is C21H26N2O2. The van der Waals surface area contributed by atoms with E-state index >= 15 is 0 Å². The number of ketones is 1. The Bertz CT molecular complexity index is 866. The molecule has 0 spiro atoms. The fourth-order valence-electron chi connectivity index (χ4n) is 5.23. The third kappa shape index (κ3) is 2.24. The first-order valence-electron chi connectivity index (χ1n) is 9.04. The van der Waals surface area contributed by atoms with Crippen molar-refractivity contribution in [1.82, 2.24) is 9.47 Å². The van der Waals surface area contributed by atoms with Crippen LogP contribution in [0.3, 0.4) is 0 Å². The Morgan fingerprint density at radius 3 is 2.72 bits per heavy atom. The maximum absolute atomic E-state index is 12.0. The van der Waals surface area contributed by atoms with Crippen LogP contribution in [-0.2, 0) is 18.3 Å². The van der Waals surface area contributed by atoms with Gasteiger partial charge in [0.2, 0.25) is 0 Å². The molecule has 4 atom stereocenters. The second-order valence-corrected chi connectivity index (χ2v) is 7.66. The molecule has 25 heavy (non-hydrogen) atoms. The average molecular weight is 338 g/mol. The summed E-state index contributed by atoms with van der Waals surface area (Å²) in [5, 5.41) is 11.4. The molecule has 0 aliphatic carbocycles. The minimum absolute atomic E-state index is 0.0448. The van der Waals surface area contributed by atoms with Crippen LogP contribution in [-0.4, -0.2) is 40.1 Å². The third-order valence-corrected chi connectivity index (χ3v) is 6.60. The number of aliphatic hydroxyl groups excluding tert-OH is 1. The molecule has 4 heteroatoms. The van der Waals surface area contributed by atoms with E-state index in [0.29, 0.717) is 5.57 Å². The maximum Gasteiger partial charge on any atom is 0.155 e. The van der Waals surface area contributed by atoms with E-state index in [4.69, 9.17) is 0 Å². The number of Topliss-reactive ketones (excluding diaryl/α,β-unsaturated/α-hetero) is 1. The van der Waals surface area contributed by atoms with Crippen molar-refractivity contribution in [3.63, 3.8) is 0 Å². The van der Waals surface area contributed by atoms with Crippen LogP contribution < -0.4 is 0 Å². The molecule has 0 unspecified atom stereocenters. The Morgan fingerprint density at radius 2 is 2.04 bits per heavy atom. The molecule has 0 amide bonds. The lowest BCUT2D eigenvalue weighted by molar-refractivity contribution is -0.115. The summed E-state index contributed by atoms with van der Waals surface area (Å²) in [7, 11) is 4.30. The monoisotopic (exact) mass is 338 g/mol. The molecule has 132 valence electrons. The minimum atomic E-state index is 0.0448. The van der Waals surface area contributed by atoms with E-state index in [0.717, 1.165) is 12.8 Å². The quantitative estimate of drug-likeness (QED) is 0.876. The van der Waals surface area contributed by atoms with Crippen LogP contribution >= 0.6 is 0 Å². The van der Waals surface area contributed by atoms with Crippen molar-refractivity contribution in [3.05, 3.63) is 47.7 Å². The highest BCUT2D eigenvalue weighted by Crippen LogP contribution is 2.49. The van der Waals surface area contributed by atoms with Crippen molar-refractivity contribution in [2.75, 3.05) is 13.7 Å². The van der Waals surface area contributed by atoms with E-state index in [-0.39, 0.29) is 36.3 Å². The number of para-hydroxylation sites is 1. The molecule has 1 aromatic carbocycles. The van der Waals surface area contributed by atoms with Gasteiger partial charge in [0, 0.05) is 42.2 Å². The van der Waals surface area contributed by atoms with Gasteiger partial charge in [-0.1, -0.05) is 24.8 Å². The van der Waals surface area contributed by atoms with Gasteiger partial charge in [-0.05, 0) is 49.9 Å². The van der Waals surface area contributed by atoms with Gasteiger partial charge in [-0.25, -0.2) is 0 Å². The summed E-state index contributed by atoms with van der Waals surface area (Å²) >= 11 is 0. The van der Waals surface area contributed by atoms with Crippen LogP contribution in [0.1, 0.15) is 30.6 Å². The molecule has 1 fully saturated rings. The topological polar surface area (TPSA) is 45.5 Å². The molecule has 2 aromatic rings. The molecule has 0 radical (unpaired) electrons. The van der Waals surface area contributed by atoms with Crippen LogP contribution in [0.5, 0.6) is 0 Å². The number of fused-ring (bicyclic) bond motifs is 6. The minimum Gasteiger partial charge on any atom is -0.396 e. The molecule has 3 heterocycles. The normalized spacial score (nSPS) is 28.8. The van der Waals surface area contributed by atoms with Crippen molar-refractivity contribution in [2.45, 2.75) is 31.8 Å². The van der Waals surface area contributed by atoms with Gasteiger partial charge >= 0.3 is 0 Å². The summed E-state index contributed by atoms with van der Waals surface area (Å²) in [6.45, 7) is 5.75. The number of nitrogens with zero attached hydrogens (tertiary/aromatic N) is 2. The number of aromatic nitrogens is 1. The largest absolute Gasteiger partial charge is 0.396 e. The summed E-state index contributed by atoms with van der Waals surface area (Å²) in [5.74, 6) is 0.160. The van der Waals surface area contributed by atoms with Gasteiger partial charge < -0.3 is 9.67 Å². The molecule has 0 saturated carbocycles. The van der Waals surface area contributed by atoms with Crippen LogP contribution in [0.2, 0.25) is 0 Å². The fraction of sp³-hybridized carbons (Fsp3) is 0.476. The van der Waals surface area contributed by atoms with Gasteiger partial charge in [-0.3, -0.25) is 9.69 Å². The van der Waals surface area contributed by atoms with E-state index in [1.165, 1.54) is 22.2 Å². The zero-order valence-electron chi connectivity index (χ0n) is 15.2. The van der Waals surface area contributed by atoms with Gasteiger partial charge in [0.05, 0.1) is 6.04 Å². The number of likely N-dealkylation sites (N-methyl/N-ethyl adjacent to an activating group) is 1. The summed E-state index contributed by atoms with van der Waals surface area (Å²) in [5.41, 5.74) is 4.70. The smallest absolute Gasteiger partial charge is 0.155 e. The molecule has 4 nitrogen and oxygen atoms in total. The second-order valence-electron chi connectivity index (χ2n) is 7.66. The Morgan fingerprint density at radius 1 is 1.32 bits per heavy atom. The van der Waals surface area contributed by atoms with Crippen molar-refractivity contribution >= 4 is 16.7 Å². The average Bonchev–Trinajstić information content (AvgIpc) is 2.87. The van der Waals surface area contributed by atoms with Crippen molar-refractivity contribution in [2.24, 2.45) is 18.9 Å². The lowest BCUT2D eigenvalue weighted by Crippen LogP contribution is -2.54. The highest BCUT2D eigenvalue weighted by Gasteiger charge is 2.48. The predicted octanol–water partition coefficient (Wildman–Crippen LogP) is 2.85. The zero-order chi connectivity index (χ0) is 17.9. The van der Waals surface area contributed by atoms with Crippen molar-refractivity contribution in [1.29, 1.82) is 0 Å². The number of hydrogen-bond donors (Lipinski definition) is 1. The highest BCUT2D eigenvalue weighted by molar-refractivity contribution is 5.93. The van der Waals surface area contributed by atoms with Crippen LogP contribution in [0, 0.1) is 11.8 Å². The lowest BCUT2D eigenvalue weighted by atomic mass is 9.68. The first kappa shape index (κ1) is 16.6. The number of hydrogen-bond acceptors (Lipinski definition) is 3. The number of allylic oxidation sites excluding steroid dienone is 1. The summed E-state index contributed by atoms with van der Waals surface area (Å²) < 4.78 is 2.31. The predicted molar refractivity (Wildman–Crippen MR) is 99.4 cm³/mol. The lowest BCUT2D eigenvalue weighted by Gasteiger charge is -2.51. The Labute approximate surface area is 148 Å². The highest BCUT2D eigenvalue weighted by atomic mass is 16.3. The number of carbonyl (C=O) groups is 1. The molecule has 4 rings (SSSR count). The van der Waals surface area contributed by atoms with Crippen molar-refractivity contribution < 1.29 is 9.90 Å². The van der Waals surface area contributed by atoms with Crippen LogP contribution in [0.15, 0.2) is 36.4 Å². The molecule has 1 aromatic heterocycles. The number of aryl methyl sites for hydroxylation is 1. The van der Waals surface area contributed by atoms with Gasteiger partial charge in [0.15, 0.2) is 5.78 Å². The number of rotatable bonds is 3. The van der Waals surface area contributed by atoms with E-state index in [1.54, 1.807) is 6.92 Å². The summed E-state index contributed by atoms with van der Waals surface area (Å²) in [6.07, 6.45) is 1.75. The SMILES string of the molecule is C=C(C(C)=O)[C@@H]1C[C@H]2c3c(c4ccccc4n3C)C[C@H]([C@@H]1CO)N2C. The number of carbonyl (C=O) groups excluding carboxylic acids is 1. The number of piperidine rings is 1. The van der Waals surface area contributed by atoms with Gasteiger partial charge in [0.1, 0.15) is 0 Å². The third-order valence-electron chi connectivity index (χ3n) is 6.60. The second kappa shape index (κ2) is 5.82. The zero-order valence-corrected chi connectivity index (χ0v) is 15.2. The molecule has 1 N–H and O–H groups in total. The molecule has 2 aliphatic rings. The van der Waals surface area contributed by atoms with Gasteiger partial charge in [0.25, 0.3) is 0 Å². The first-order valence-corrected chi connectivity index (χ1v) is 9.04. The summed E-state index contributed by atoms with van der Waals surface area (Å²) in [6, 6.07) is 9.06. The van der Waals surface area contributed by atoms with Crippen molar-refractivity contribution in [3.8, 4) is 0 Å². The fourth-order valence-corrected chi connectivity index (χ4v) is 5.23. The Hall–Kier alpha value is -1.91. The molecule has 2 bridgehead atoms. The summed E-state index contributed by atoms with van der Waals surface area (Å²) in [4.78, 5) is 14.4. The molecular weight excluding hydrogens is 312 g/mol. The van der Waals surface area contributed by atoms with E-state index in [1.807, 2.05) is 0 Å². The van der Waals surface area contributed by atoms with Crippen LogP contribution in [0.25, 0.3) is 10.9 Å². The number of benzene rings is 1. The van der Waals surface area contributed by atoms with E-state index in [2.05, 4.69) is 54.4 Å². The van der Waals surface area contributed by atoms with Gasteiger partial charge in [-0.15, -0.1) is 0 Å². The molecule has 1 saturated heterocycles. The Balaban J connectivity index is 1.87. The van der Waals surface area contributed by atoms with Crippen LogP contribution in [0.4, 0.5) is 0 Å². The standard InChI is InChI=1S/C21H26N2O2/c1-12(13(2)25)15-9-20-21-16(10-19(22(20)3)17(15)11-24)14-7-5-6-8-18(14)23(21)4/h5-8,15,17,19-20,24H,1,9-11H2,2-4H3/t15-,17+,19+,20-/m0/s1.